The van der Waals surface area contributed by atoms with E-state index in [4.69, 9.17) is 0 Å². The van der Waals surface area contributed by atoms with Gasteiger partial charge in [0.05, 0.1) is 16.7 Å². The Morgan fingerprint density at radius 1 is 1.48 bits per heavy atom. The van der Waals surface area contributed by atoms with Crippen LogP contribution in [0.15, 0.2) is 6.20 Å². The monoisotopic (exact) mass is 293 g/mol. The van der Waals surface area contributed by atoms with Crippen molar-refractivity contribution in [2.75, 3.05) is 6.54 Å². The Hall–Kier alpha value is -1.85. The first-order valence-electron chi connectivity index (χ1n) is 7.36. The zero-order chi connectivity index (χ0) is 15.6. The Labute approximate surface area is 124 Å². The number of amides is 1. The molecule has 1 aliphatic rings. The molecular formula is C15H23N3O3. The summed E-state index contributed by atoms with van der Waals surface area (Å²) in [4.78, 5) is 23.8. The number of aromatic nitrogens is 2. The predicted octanol–water partition coefficient (Wildman–Crippen LogP) is 1.74. The van der Waals surface area contributed by atoms with Crippen molar-refractivity contribution in [2.45, 2.75) is 39.5 Å². The van der Waals surface area contributed by atoms with Crippen molar-refractivity contribution in [3.8, 4) is 0 Å². The van der Waals surface area contributed by atoms with Gasteiger partial charge in [0, 0.05) is 19.8 Å². The van der Waals surface area contributed by atoms with E-state index in [9.17, 15) is 14.7 Å². The summed E-state index contributed by atoms with van der Waals surface area (Å²) in [6, 6.07) is 0. The third-order valence-electron chi connectivity index (χ3n) is 4.53. The molecule has 6 nitrogen and oxygen atoms in total. The number of carbonyl (C=O) groups is 2. The molecular weight excluding hydrogens is 270 g/mol. The number of aryl methyl sites for hydroxylation is 2. The first-order valence-corrected chi connectivity index (χ1v) is 7.36. The van der Waals surface area contributed by atoms with Crippen LogP contribution in [0.2, 0.25) is 0 Å². The van der Waals surface area contributed by atoms with Crippen molar-refractivity contribution >= 4 is 11.9 Å². The van der Waals surface area contributed by atoms with Gasteiger partial charge in [-0.3, -0.25) is 14.3 Å². The third kappa shape index (κ3) is 3.25. The van der Waals surface area contributed by atoms with E-state index < -0.39 is 11.4 Å². The fourth-order valence-electron chi connectivity index (χ4n) is 2.95. The quantitative estimate of drug-likeness (QED) is 0.885. The molecule has 0 saturated heterocycles. The smallest absolute Gasteiger partial charge is 0.311 e. The minimum atomic E-state index is -0.821. The fourth-order valence-corrected chi connectivity index (χ4v) is 2.95. The molecule has 0 bridgehead atoms. The lowest BCUT2D eigenvalue weighted by Crippen LogP contribution is -2.45. The molecule has 116 valence electrons. The summed E-state index contributed by atoms with van der Waals surface area (Å²) in [7, 11) is 1.76. The molecule has 0 unspecified atom stereocenters. The van der Waals surface area contributed by atoms with E-state index in [1.54, 1.807) is 24.9 Å². The van der Waals surface area contributed by atoms with Crippen molar-refractivity contribution < 1.29 is 14.7 Å². The Morgan fingerprint density at radius 3 is 2.57 bits per heavy atom. The molecule has 0 radical (unpaired) electrons. The molecule has 1 aromatic heterocycles. The van der Waals surface area contributed by atoms with Gasteiger partial charge in [0.15, 0.2) is 0 Å². The Balaban J connectivity index is 2.04. The van der Waals surface area contributed by atoms with E-state index in [2.05, 4.69) is 17.3 Å². The molecule has 0 aliphatic heterocycles. The van der Waals surface area contributed by atoms with Crippen LogP contribution in [-0.4, -0.2) is 33.3 Å². The van der Waals surface area contributed by atoms with Crippen LogP contribution in [0, 0.1) is 18.3 Å². The van der Waals surface area contributed by atoms with Gasteiger partial charge < -0.3 is 10.4 Å². The van der Waals surface area contributed by atoms with Crippen molar-refractivity contribution in [1.29, 1.82) is 0 Å². The van der Waals surface area contributed by atoms with Crippen molar-refractivity contribution in [3.05, 3.63) is 17.5 Å². The molecule has 0 spiro atoms. The molecule has 0 atom stereocenters. The van der Waals surface area contributed by atoms with E-state index in [1.807, 2.05) is 0 Å². The van der Waals surface area contributed by atoms with Crippen LogP contribution in [0.1, 0.15) is 48.7 Å². The Kier molecular flexibility index (Phi) is 4.34. The number of nitrogens with zero attached hydrogens (tertiary/aromatic N) is 2. The van der Waals surface area contributed by atoms with Gasteiger partial charge in [-0.1, -0.05) is 6.92 Å². The minimum absolute atomic E-state index is 0.183. The summed E-state index contributed by atoms with van der Waals surface area (Å²) >= 11 is 0. The van der Waals surface area contributed by atoms with Gasteiger partial charge in [0.2, 0.25) is 0 Å². The molecule has 1 saturated carbocycles. The molecule has 2 rings (SSSR count). The second kappa shape index (κ2) is 5.87. The maximum absolute atomic E-state index is 12.2. The maximum Gasteiger partial charge on any atom is 0.311 e. The predicted molar refractivity (Wildman–Crippen MR) is 78.0 cm³/mol. The second-order valence-electron chi connectivity index (χ2n) is 6.25. The molecule has 2 N–H and O–H groups in total. The topological polar surface area (TPSA) is 84.2 Å². The van der Waals surface area contributed by atoms with Crippen molar-refractivity contribution in [2.24, 2.45) is 18.4 Å². The van der Waals surface area contributed by atoms with Crippen LogP contribution in [0.4, 0.5) is 0 Å². The summed E-state index contributed by atoms with van der Waals surface area (Å²) in [6.07, 6.45) is 4.69. The normalized spacial score (nSPS) is 25.6. The van der Waals surface area contributed by atoms with Gasteiger partial charge in [-0.2, -0.15) is 5.10 Å². The molecule has 0 aromatic carbocycles. The zero-order valence-corrected chi connectivity index (χ0v) is 12.8. The number of rotatable bonds is 4. The number of carbonyl (C=O) groups excluding carboxylic acids is 1. The summed E-state index contributed by atoms with van der Waals surface area (Å²) in [5.41, 5.74) is 0.331. The Morgan fingerprint density at radius 2 is 2.10 bits per heavy atom. The highest BCUT2D eigenvalue weighted by Crippen LogP contribution is 2.38. The van der Waals surface area contributed by atoms with Crippen LogP contribution in [0.25, 0.3) is 0 Å². The van der Waals surface area contributed by atoms with E-state index in [1.165, 1.54) is 0 Å². The number of hydrogen-bond donors (Lipinski definition) is 2. The minimum Gasteiger partial charge on any atom is -0.481 e. The van der Waals surface area contributed by atoms with E-state index >= 15 is 0 Å². The number of nitrogens with one attached hydrogen (secondary N) is 1. The van der Waals surface area contributed by atoms with Gasteiger partial charge in [-0.05, 0) is 38.5 Å². The van der Waals surface area contributed by atoms with Gasteiger partial charge in [0.1, 0.15) is 0 Å². The van der Waals surface area contributed by atoms with E-state index in [-0.39, 0.29) is 12.5 Å². The lowest BCUT2D eigenvalue weighted by atomic mass is 9.71. The number of carboxylic acids is 1. The fraction of sp³-hybridized carbons (Fsp3) is 0.667. The highest BCUT2D eigenvalue weighted by atomic mass is 16.4. The highest BCUT2D eigenvalue weighted by molar-refractivity contribution is 5.95. The summed E-state index contributed by atoms with van der Waals surface area (Å²) in [6.45, 7) is 4.09. The molecule has 1 aliphatic carbocycles. The highest BCUT2D eigenvalue weighted by Gasteiger charge is 2.41. The molecule has 1 amide bonds. The Bertz CT molecular complexity index is 542. The van der Waals surface area contributed by atoms with Crippen LogP contribution >= 0.6 is 0 Å². The SMILES string of the molecule is Cc1nn(C)cc1C(=O)NCC1(C(=O)O)CCC(C)CC1. The summed E-state index contributed by atoms with van der Waals surface area (Å²) < 4.78 is 1.58. The maximum atomic E-state index is 12.2. The summed E-state index contributed by atoms with van der Waals surface area (Å²) in [5, 5.41) is 16.5. The molecule has 6 heteroatoms. The lowest BCUT2D eigenvalue weighted by molar-refractivity contribution is -0.151. The van der Waals surface area contributed by atoms with Crippen LogP contribution in [0.3, 0.4) is 0 Å². The van der Waals surface area contributed by atoms with Crippen LogP contribution in [0.5, 0.6) is 0 Å². The van der Waals surface area contributed by atoms with Crippen LogP contribution in [-0.2, 0) is 11.8 Å². The van der Waals surface area contributed by atoms with Gasteiger partial charge in [-0.15, -0.1) is 0 Å². The largest absolute Gasteiger partial charge is 0.481 e. The number of aliphatic carboxylic acids is 1. The van der Waals surface area contributed by atoms with Gasteiger partial charge >= 0.3 is 5.97 Å². The molecule has 1 aromatic rings. The van der Waals surface area contributed by atoms with Gasteiger partial charge in [-0.25, -0.2) is 0 Å². The van der Waals surface area contributed by atoms with E-state index in [0.29, 0.717) is 30.0 Å². The summed E-state index contributed by atoms with van der Waals surface area (Å²) in [5.74, 6) is -0.494. The second-order valence-corrected chi connectivity index (χ2v) is 6.25. The molecule has 1 heterocycles. The van der Waals surface area contributed by atoms with Gasteiger partial charge in [0.25, 0.3) is 5.91 Å². The van der Waals surface area contributed by atoms with Crippen LogP contribution < -0.4 is 5.32 Å². The number of hydrogen-bond acceptors (Lipinski definition) is 3. The average Bonchev–Trinajstić information content (AvgIpc) is 2.77. The van der Waals surface area contributed by atoms with Crippen molar-refractivity contribution in [3.63, 3.8) is 0 Å². The molecule has 1 fully saturated rings. The first-order chi connectivity index (χ1) is 9.84. The standard InChI is InChI=1S/C15H23N3O3/c1-10-4-6-15(7-5-10,14(20)21)9-16-13(19)12-8-18(3)17-11(12)2/h8,10H,4-7,9H2,1-3H3,(H,16,19)(H,20,21). The average molecular weight is 293 g/mol. The van der Waals surface area contributed by atoms with Crippen molar-refractivity contribution in [1.82, 2.24) is 15.1 Å². The van der Waals surface area contributed by atoms with E-state index in [0.717, 1.165) is 12.8 Å². The first kappa shape index (κ1) is 15.5. The number of carboxylic acid groups (broad SMARTS) is 1. The zero-order valence-electron chi connectivity index (χ0n) is 12.8. The lowest BCUT2D eigenvalue weighted by Gasteiger charge is -2.35. The third-order valence-corrected chi connectivity index (χ3v) is 4.53. The molecule has 21 heavy (non-hydrogen) atoms.